The van der Waals surface area contributed by atoms with Crippen LogP contribution in [0.25, 0.3) is 10.9 Å². The zero-order valence-corrected chi connectivity index (χ0v) is 22.4. The van der Waals surface area contributed by atoms with Crippen molar-refractivity contribution in [1.29, 1.82) is 0 Å². The van der Waals surface area contributed by atoms with Gasteiger partial charge in [-0.3, -0.25) is 4.98 Å². The van der Waals surface area contributed by atoms with Gasteiger partial charge in [0.1, 0.15) is 11.3 Å². The molecule has 3 aromatic carbocycles. The van der Waals surface area contributed by atoms with Crippen molar-refractivity contribution < 1.29 is 13.2 Å². The predicted octanol–water partition coefficient (Wildman–Crippen LogP) is 4.24. The van der Waals surface area contributed by atoms with E-state index in [1.807, 2.05) is 36.4 Å². The van der Waals surface area contributed by atoms with Crippen molar-refractivity contribution in [3.8, 4) is 5.75 Å². The largest absolute Gasteiger partial charge is 0.436 e. The maximum absolute atomic E-state index is 13.5. The Morgan fingerprint density at radius 1 is 0.974 bits per heavy atom. The highest BCUT2D eigenvalue weighted by atomic mass is 32.2. The molecule has 1 N–H and O–H groups in total. The summed E-state index contributed by atoms with van der Waals surface area (Å²) in [5.41, 5.74) is 4.25. The quantitative estimate of drug-likeness (QED) is 0.419. The van der Waals surface area contributed by atoms with Crippen molar-refractivity contribution in [2.75, 3.05) is 27.2 Å². The Balaban J connectivity index is 1.55. The first-order valence-corrected chi connectivity index (χ1v) is 14.3. The molecule has 0 amide bonds. The lowest BCUT2D eigenvalue weighted by Crippen LogP contribution is -2.38. The number of fused-ring (bicyclic) bond motifs is 5. The zero-order chi connectivity index (χ0) is 26.7. The molecule has 9 heteroatoms. The van der Waals surface area contributed by atoms with E-state index >= 15 is 0 Å². The van der Waals surface area contributed by atoms with E-state index in [0.29, 0.717) is 22.6 Å². The lowest BCUT2D eigenvalue weighted by molar-refractivity contribution is 0.282. The highest BCUT2D eigenvalue weighted by molar-refractivity contribution is 7.89. The molecule has 39 heavy (non-hydrogen) atoms. The third kappa shape index (κ3) is 3.65. The van der Waals surface area contributed by atoms with Crippen LogP contribution < -0.4 is 10.1 Å². The Kier molecular flexibility index (Phi) is 5.47. The summed E-state index contributed by atoms with van der Waals surface area (Å²) in [6.07, 6.45) is 1.43. The number of hydrogen-bond donors (Lipinski definition) is 1. The van der Waals surface area contributed by atoms with Crippen LogP contribution in [0.1, 0.15) is 28.8 Å². The summed E-state index contributed by atoms with van der Waals surface area (Å²) in [6.45, 7) is 1.57. The fourth-order valence-corrected chi connectivity index (χ4v) is 6.87. The van der Waals surface area contributed by atoms with Crippen molar-refractivity contribution in [3.05, 3.63) is 113 Å². The number of aromatic nitrogens is 1. The van der Waals surface area contributed by atoms with Gasteiger partial charge in [0.2, 0.25) is 15.9 Å². The second kappa shape index (κ2) is 8.93. The average molecular weight is 538 g/mol. The summed E-state index contributed by atoms with van der Waals surface area (Å²) in [5.74, 6) is 1.72. The van der Waals surface area contributed by atoms with Gasteiger partial charge in [-0.15, -0.1) is 0 Å². The predicted molar refractivity (Wildman–Crippen MR) is 150 cm³/mol. The molecule has 0 saturated carbocycles. The summed E-state index contributed by atoms with van der Waals surface area (Å²) in [7, 11) is -0.680. The van der Waals surface area contributed by atoms with Gasteiger partial charge in [-0.1, -0.05) is 60.7 Å². The van der Waals surface area contributed by atoms with Crippen LogP contribution in [0, 0.1) is 0 Å². The Bertz CT molecular complexity index is 1770. The lowest BCUT2D eigenvalue weighted by Gasteiger charge is -2.39. The molecule has 0 radical (unpaired) electrons. The van der Waals surface area contributed by atoms with Crippen molar-refractivity contribution in [2.45, 2.75) is 17.0 Å². The van der Waals surface area contributed by atoms with Gasteiger partial charge in [0.15, 0.2) is 11.9 Å². The van der Waals surface area contributed by atoms with Crippen LogP contribution in [-0.2, 0) is 10.0 Å². The number of sulfonamides is 1. The van der Waals surface area contributed by atoms with Crippen LogP contribution in [0.4, 0.5) is 0 Å². The molecule has 4 heterocycles. The molecule has 0 bridgehead atoms. The number of ether oxygens (including phenoxy) is 1. The second-order valence-corrected chi connectivity index (χ2v) is 12.1. The van der Waals surface area contributed by atoms with Gasteiger partial charge in [-0.25, -0.2) is 17.7 Å². The Morgan fingerprint density at radius 3 is 2.41 bits per heavy atom. The minimum Gasteiger partial charge on any atom is -0.436 e. The van der Waals surface area contributed by atoms with Crippen molar-refractivity contribution in [2.24, 2.45) is 4.99 Å². The molecule has 0 aliphatic carbocycles. The van der Waals surface area contributed by atoms with Gasteiger partial charge in [-0.05, 0) is 29.3 Å². The number of benzene rings is 3. The third-order valence-corrected chi connectivity index (χ3v) is 9.43. The number of nitrogens with one attached hydrogen (secondary N) is 1. The van der Waals surface area contributed by atoms with Crippen LogP contribution >= 0.6 is 0 Å². The van der Waals surface area contributed by atoms with E-state index in [4.69, 9.17) is 9.73 Å². The molecule has 7 rings (SSSR count). The molecule has 2 atom stereocenters. The van der Waals surface area contributed by atoms with Crippen LogP contribution in [0.15, 0.2) is 106 Å². The first-order valence-electron chi connectivity index (χ1n) is 12.9. The fraction of sp³-hybridized carbons (Fsp3) is 0.200. The van der Waals surface area contributed by atoms with Crippen LogP contribution in [0.2, 0.25) is 0 Å². The van der Waals surface area contributed by atoms with Crippen LogP contribution in [0.5, 0.6) is 5.75 Å². The number of pyridine rings is 1. The normalized spacial score (nSPS) is 20.2. The molecule has 4 aromatic rings. The van der Waals surface area contributed by atoms with Crippen molar-refractivity contribution >= 4 is 26.8 Å². The maximum atomic E-state index is 13.5. The van der Waals surface area contributed by atoms with E-state index < -0.39 is 10.0 Å². The summed E-state index contributed by atoms with van der Waals surface area (Å²) in [5, 5.41) is 4.11. The third-order valence-electron chi connectivity index (χ3n) is 7.58. The summed E-state index contributed by atoms with van der Waals surface area (Å²) >= 11 is 0. The van der Waals surface area contributed by atoms with Gasteiger partial charge in [0, 0.05) is 50.2 Å². The lowest BCUT2D eigenvalue weighted by atomic mass is 9.81. The van der Waals surface area contributed by atoms with Crippen LogP contribution in [-0.4, -0.2) is 55.7 Å². The summed E-state index contributed by atoms with van der Waals surface area (Å²) in [6, 6.07) is 25.6. The van der Waals surface area contributed by atoms with E-state index in [1.54, 1.807) is 38.5 Å². The molecule has 1 fully saturated rings. The number of rotatable bonds is 4. The Hall–Kier alpha value is -4.21. The minimum absolute atomic E-state index is 0.207. The fourth-order valence-electron chi connectivity index (χ4n) is 5.76. The highest BCUT2D eigenvalue weighted by Gasteiger charge is 2.44. The smallest absolute Gasteiger partial charge is 0.243 e. The van der Waals surface area contributed by atoms with E-state index in [2.05, 4.69) is 39.5 Å². The SMILES string of the molecule is CN(C)S(=O)(=O)c1cc2c(c3ncccc13)OC1=NC(c3ccccc3)N3CCNC3=C1C2c1ccccc1. The van der Waals surface area contributed by atoms with Gasteiger partial charge in [-0.2, -0.15) is 0 Å². The van der Waals surface area contributed by atoms with E-state index in [1.165, 1.54) is 4.31 Å². The van der Waals surface area contributed by atoms with Crippen LogP contribution in [0.3, 0.4) is 0 Å². The molecule has 1 saturated heterocycles. The molecule has 0 spiro atoms. The number of aliphatic imine (C=N–C) groups is 1. The van der Waals surface area contributed by atoms with Gasteiger partial charge in [0.05, 0.1) is 10.5 Å². The highest BCUT2D eigenvalue weighted by Crippen LogP contribution is 2.50. The molecule has 2 unspecified atom stereocenters. The minimum atomic E-state index is -3.77. The summed E-state index contributed by atoms with van der Waals surface area (Å²) < 4.78 is 35.0. The monoisotopic (exact) mass is 537 g/mol. The van der Waals surface area contributed by atoms with E-state index in [-0.39, 0.29) is 17.0 Å². The van der Waals surface area contributed by atoms with Gasteiger partial charge < -0.3 is 15.0 Å². The molecule has 196 valence electrons. The standard InChI is InChI=1S/C30H27N5O3S/c1-34(2)39(36,37)23-18-22-24(19-10-5-3-6-11-19)25-29-32-16-17-35(29)28(20-12-7-4-8-13-20)33-30(25)38-27(22)26-21(23)14-9-15-31-26/h3-15,18,24,28,32H,16-17H2,1-2H3. The summed E-state index contributed by atoms with van der Waals surface area (Å²) in [4.78, 5) is 12.3. The first kappa shape index (κ1) is 23.9. The maximum Gasteiger partial charge on any atom is 0.243 e. The molecular weight excluding hydrogens is 510 g/mol. The second-order valence-electron chi connectivity index (χ2n) is 10.0. The van der Waals surface area contributed by atoms with Crippen molar-refractivity contribution in [1.82, 2.24) is 19.5 Å². The van der Waals surface area contributed by atoms with Gasteiger partial charge in [0.25, 0.3) is 0 Å². The average Bonchev–Trinajstić information content (AvgIpc) is 3.46. The van der Waals surface area contributed by atoms with Crippen molar-refractivity contribution in [3.63, 3.8) is 0 Å². The topological polar surface area (TPSA) is 87.1 Å². The van der Waals surface area contributed by atoms with E-state index in [0.717, 1.165) is 41.2 Å². The van der Waals surface area contributed by atoms with Gasteiger partial charge >= 0.3 is 0 Å². The molecule has 3 aliphatic rings. The zero-order valence-electron chi connectivity index (χ0n) is 21.6. The molecule has 1 aromatic heterocycles. The molecular formula is C30H27N5O3S. The Morgan fingerprint density at radius 2 is 1.69 bits per heavy atom. The molecule has 3 aliphatic heterocycles. The molecule has 8 nitrogen and oxygen atoms in total. The van der Waals surface area contributed by atoms with E-state index in [9.17, 15) is 8.42 Å². The first-order chi connectivity index (χ1) is 18.9. The number of hydrogen-bond acceptors (Lipinski definition) is 7. The number of nitrogens with zero attached hydrogens (tertiary/aromatic N) is 4. The Labute approximate surface area is 227 Å².